The SMILES string of the molecule is CC(C)CC(CO)OC(C)n1cnc2c(NC3CC3)nc(N)nc21. The number of anilines is 2. The number of rotatable bonds is 8. The van der Waals surface area contributed by atoms with Crippen molar-refractivity contribution in [3.05, 3.63) is 6.33 Å². The molecule has 0 aliphatic heterocycles. The molecule has 132 valence electrons. The Bertz CT molecular complexity index is 697. The van der Waals surface area contributed by atoms with Crippen LogP contribution in [0.5, 0.6) is 0 Å². The predicted molar refractivity (Wildman–Crippen MR) is 92.5 cm³/mol. The molecule has 0 bridgehead atoms. The summed E-state index contributed by atoms with van der Waals surface area (Å²) in [5, 5.41) is 12.9. The van der Waals surface area contributed by atoms with Crippen LogP contribution in [0, 0.1) is 5.92 Å². The second kappa shape index (κ2) is 6.90. The van der Waals surface area contributed by atoms with E-state index < -0.39 is 0 Å². The third-order valence-corrected chi connectivity index (χ3v) is 4.08. The summed E-state index contributed by atoms with van der Waals surface area (Å²) in [4.78, 5) is 13.0. The number of ether oxygens (including phenoxy) is 1. The maximum Gasteiger partial charge on any atom is 0.224 e. The summed E-state index contributed by atoms with van der Waals surface area (Å²) < 4.78 is 7.82. The molecule has 1 aliphatic rings. The van der Waals surface area contributed by atoms with Crippen molar-refractivity contribution in [1.29, 1.82) is 0 Å². The van der Waals surface area contributed by atoms with Gasteiger partial charge in [0.05, 0.1) is 19.0 Å². The highest BCUT2D eigenvalue weighted by Crippen LogP contribution is 2.29. The van der Waals surface area contributed by atoms with Gasteiger partial charge in [-0.1, -0.05) is 13.8 Å². The molecule has 24 heavy (non-hydrogen) atoms. The number of nitrogen functional groups attached to an aromatic ring is 1. The lowest BCUT2D eigenvalue weighted by atomic mass is 10.1. The normalized spacial score (nSPS) is 17.4. The highest BCUT2D eigenvalue weighted by atomic mass is 16.5. The van der Waals surface area contributed by atoms with Gasteiger partial charge in [-0.2, -0.15) is 9.97 Å². The van der Waals surface area contributed by atoms with Gasteiger partial charge in [0, 0.05) is 6.04 Å². The molecule has 0 aromatic carbocycles. The fourth-order valence-electron chi connectivity index (χ4n) is 2.76. The molecule has 0 amide bonds. The van der Waals surface area contributed by atoms with Crippen molar-refractivity contribution in [2.45, 2.75) is 58.4 Å². The number of hydrogen-bond donors (Lipinski definition) is 3. The van der Waals surface area contributed by atoms with Crippen molar-refractivity contribution in [3.8, 4) is 0 Å². The first-order chi connectivity index (χ1) is 11.5. The molecule has 8 nitrogen and oxygen atoms in total. The molecule has 4 N–H and O–H groups in total. The first-order valence-corrected chi connectivity index (χ1v) is 8.50. The van der Waals surface area contributed by atoms with Crippen LogP contribution in [0.25, 0.3) is 11.2 Å². The van der Waals surface area contributed by atoms with Gasteiger partial charge in [0.2, 0.25) is 5.95 Å². The highest BCUT2D eigenvalue weighted by molar-refractivity contribution is 5.84. The Balaban J connectivity index is 1.84. The zero-order valence-corrected chi connectivity index (χ0v) is 14.4. The summed E-state index contributed by atoms with van der Waals surface area (Å²) in [6.07, 6.45) is 4.22. The third kappa shape index (κ3) is 3.76. The van der Waals surface area contributed by atoms with E-state index in [2.05, 4.69) is 34.1 Å². The number of aliphatic hydroxyl groups is 1. The quantitative estimate of drug-likeness (QED) is 0.676. The van der Waals surface area contributed by atoms with Crippen LogP contribution in [0.3, 0.4) is 0 Å². The van der Waals surface area contributed by atoms with Gasteiger partial charge < -0.3 is 20.9 Å². The first kappa shape index (κ1) is 16.9. The number of fused-ring (bicyclic) bond motifs is 1. The molecule has 0 spiro atoms. The van der Waals surface area contributed by atoms with Gasteiger partial charge in [-0.05, 0) is 32.1 Å². The zero-order valence-electron chi connectivity index (χ0n) is 14.4. The van der Waals surface area contributed by atoms with Crippen LogP contribution in [-0.4, -0.2) is 43.4 Å². The third-order valence-electron chi connectivity index (χ3n) is 4.08. The van der Waals surface area contributed by atoms with E-state index in [1.807, 2.05) is 11.5 Å². The maximum absolute atomic E-state index is 9.52. The van der Waals surface area contributed by atoms with Crippen LogP contribution >= 0.6 is 0 Å². The van der Waals surface area contributed by atoms with Crippen molar-refractivity contribution in [3.63, 3.8) is 0 Å². The monoisotopic (exact) mass is 334 g/mol. The lowest BCUT2D eigenvalue weighted by molar-refractivity contribution is -0.0713. The van der Waals surface area contributed by atoms with E-state index in [9.17, 15) is 5.11 Å². The summed E-state index contributed by atoms with van der Waals surface area (Å²) in [6.45, 7) is 6.11. The molecule has 0 radical (unpaired) electrons. The topological polar surface area (TPSA) is 111 Å². The minimum Gasteiger partial charge on any atom is -0.394 e. The summed E-state index contributed by atoms with van der Waals surface area (Å²) >= 11 is 0. The molecule has 1 saturated carbocycles. The number of hydrogen-bond acceptors (Lipinski definition) is 7. The van der Waals surface area contributed by atoms with Gasteiger partial charge in [-0.15, -0.1) is 0 Å². The Morgan fingerprint density at radius 1 is 1.38 bits per heavy atom. The van der Waals surface area contributed by atoms with Gasteiger partial charge in [-0.3, -0.25) is 4.57 Å². The van der Waals surface area contributed by atoms with E-state index in [4.69, 9.17) is 10.5 Å². The molecule has 2 aromatic heterocycles. The summed E-state index contributed by atoms with van der Waals surface area (Å²) in [5.41, 5.74) is 7.19. The highest BCUT2D eigenvalue weighted by Gasteiger charge is 2.25. The Kier molecular flexibility index (Phi) is 4.86. The summed E-state index contributed by atoms with van der Waals surface area (Å²) in [5.74, 6) is 1.33. The number of nitrogens with one attached hydrogen (secondary N) is 1. The van der Waals surface area contributed by atoms with E-state index in [0.717, 1.165) is 19.3 Å². The molecule has 1 aliphatic carbocycles. The number of aromatic nitrogens is 4. The number of nitrogens with two attached hydrogens (primary N) is 1. The number of aliphatic hydroxyl groups excluding tert-OH is 1. The van der Waals surface area contributed by atoms with Crippen LogP contribution in [0.1, 0.15) is 46.3 Å². The summed E-state index contributed by atoms with van der Waals surface area (Å²) in [7, 11) is 0. The molecule has 2 heterocycles. The Morgan fingerprint density at radius 3 is 2.75 bits per heavy atom. The van der Waals surface area contributed by atoms with E-state index in [0.29, 0.717) is 28.9 Å². The molecular formula is C16H26N6O2. The smallest absolute Gasteiger partial charge is 0.224 e. The average molecular weight is 334 g/mol. The average Bonchev–Trinajstić information content (AvgIpc) is 3.22. The van der Waals surface area contributed by atoms with E-state index in [1.54, 1.807) is 6.33 Å². The van der Waals surface area contributed by atoms with Gasteiger partial charge in [-0.25, -0.2) is 4.98 Å². The van der Waals surface area contributed by atoms with Crippen molar-refractivity contribution < 1.29 is 9.84 Å². The van der Waals surface area contributed by atoms with Gasteiger partial charge in [0.25, 0.3) is 0 Å². The van der Waals surface area contributed by atoms with Gasteiger partial charge in [0.15, 0.2) is 17.0 Å². The molecule has 2 unspecified atom stereocenters. The van der Waals surface area contributed by atoms with Crippen LogP contribution < -0.4 is 11.1 Å². The molecule has 2 atom stereocenters. The Hall–Kier alpha value is -1.93. The van der Waals surface area contributed by atoms with E-state index >= 15 is 0 Å². The van der Waals surface area contributed by atoms with Crippen LogP contribution in [0.15, 0.2) is 6.33 Å². The first-order valence-electron chi connectivity index (χ1n) is 8.50. The fourth-order valence-corrected chi connectivity index (χ4v) is 2.76. The van der Waals surface area contributed by atoms with Gasteiger partial charge >= 0.3 is 0 Å². The standard InChI is InChI=1S/C16H26N6O2/c1-9(2)6-12(7-23)24-10(3)22-8-18-13-14(19-11-4-5-11)20-16(17)21-15(13)22/h8-12,23H,4-7H2,1-3H3,(H3,17,19,20,21). The Morgan fingerprint density at radius 2 is 2.12 bits per heavy atom. The van der Waals surface area contributed by atoms with Crippen molar-refractivity contribution in [1.82, 2.24) is 19.5 Å². The van der Waals surface area contributed by atoms with Crippen LogP contribution in [-0.2, 0) is 4.74 Å². The second-order valence-electron chi connectivity index (χ2n) is 6.84. The van der Waals surface area contributed by atoms with Crippen LogP contribution in [0.2, 0.25) is 0 Å². The largest absolute Gasteiger partial charge is 0.394 e. The van der Waals surface area contributed by atoms with Crippen molar-refractivity contribution in [2.75, 3.05) is 17.7 Å². The molecule has 8 heteroatoms. The summed E-state index contributed by atoms with van der Waals surface area (Å²) in [6, 6.07) is 0.450. The lowest BCUT2D eigenvalue weighted by Gasteiger charge is -2.23. The maximum atomic E-state index is 9.52. The minimum atomic E-state index is -0.311. The lowest BCUT2D eigenvalue weighted by Crippen LogP contribution is -2.24. The molecule has 2 aromatic rings. The molecule has 0 saturated heterocycles. The van der Waals surface area contributed by atoms with E-state index in [-0.39, 0.29) is 24.9 Å². The zero-order chi connectivity index (χ0) is 17.3. The second-order valence-corrected chi connectivity index (χ2v) is 6.84. The van der Waals surface area contributed by atoms with Crippen LogP contribution in [0.4, 0.5) is 11.8 Å². The molecule has 1 fully saturated rings. The van der Waals surface area contributed by atoms with Crippen molar-refractivity contribution in [2.24, 2.45) is 5.92 Å². The van der Waals surface area contributed by atoms with Gasteiger partial charge in [0.1, 0.15) is 6.23 Å². The minimum absolute atomic E-state index is 0.0131. The van der Waals surface area contributed by atoms with E-state index in [1.165, 1.54) is 0 Å². The number of imidazole rings is 1. The van der Waals surface area contributed by atoms with Crippen molar-refractivity contribution >= 4 is 22.9 Å². The molecule has 3 rings (SSSR count). The molecular weight excluding hydrogens is 308 g/mol. The Labute approximate surface area is 141 Å². The predicted octanol–water partition coefficient (Wildman–Crippen LogP) is 1.92. The number of nitrogens with zero attached hydrogens (tertiary/aromatic N) is 4. The fraction of sp³-hybridized carbons (Fsp3) is 0.688.